The van der Waals surface area contributed by atoms with Gasteiger partial charge in [0.1, 0.15) is 11.0 Å². The molecule has 4 N–H and O–H groups in total. The van der Waals surface area contributed by atoms with Crippen LogP contribution in [0.5, 0.6) is 0 Å². The number of anilines is 2. The highest BCUT2D eigenvalue weighted by atomic mass is 35.5. The Bertz CT molecular complexity index is 466. The van der Waals surface area contributed by atoms with Gasteiger partial charge < -0.3 is 11.5 Å². The minimum atomic E-state index is -0.00683. The Hall–Kier alpha value is -1.40. The first-order valence-electron chi connectivity index (χ1n) is 3.49. The van der Waals surface area contributed by atoms with Crippen LogP contribution in [0.1, 0.15) is 0 Å². The van der Waals surface area contributed by atoms with Gasteiger partial charge in [-0.2, -0.15) is 9.97 Å². The third kappa shape index (κ3) is 1.38. The number of nitrogens with two attached hydrogens (primary N) is 2. The SMILES string of the molecule is Nc1nc(Cl)nc2c(N)nc(Cl)nc12. The molecule has 2 rings (SSSR count). The number of nitrogens with zero attached hydrogens (tertiary/aromatic N) is 4. The Morgan fingerprint density at radius 3 is 1.43 bits per heavy atom. The van der Waals surface area contributed by atoms with Crippen molar-refractivity contribution in [3.05, 3.63) is 10.6 Å². The predicted molar refractivity (Wildman–Crippen MR) is 54.0 cm³/mol. The van der Waals surface area contributed by atoms with Crippen molar-refractivity contribution in [3.8, 4) is 0 Å². The van der Waals surface area contributed by atoms with Crippen molar-refractivity contribution in [2.75, 3.05) is 11.5 Å². The van der Waals surface area contributed by atoms with E-state index in [2.05, 4.69) is 19.9 Å². The monoisotopic (exact) mass is 230 g/mol. The number of halogens is 2. The van der Waals surface area contributed by atoms with Crippen LogP contribution in [0.15, 0.2) is 0 Å². The lowest BCUT2D eigenvalue weighted by atomic mass is 10.4. The second kappa shape index (κ2) is 3.07. The van der Waals surface area contributed by atoms with E-state index in [1.807, 2.05) is 0 Å². The lowest BCUT2D eigenvalue weighted by Crippen LogP contribution is -2.02. The van der Waals surface area contributed by atoms with Crippen molar-refractivity contribution in [1.29, 1.82) is 0 Å². The summed E-state index contributed by atoms with van der Waals surface area (Å²) in [5.41, 5.74) is 11.7. The van der Waals surface area contributed by atoms with E-state index in [0.29, 0.717) is 11.0 Å². The Morgan fingerprint density at radius 2 is 1.07 bits per heavy atom. The molecule has 72 valence electrons. The van der Waals surface area contributed by atoms with E-state index in [1.165, 1.54) is 0 Å². The van der Waals surface area contributed by atoms with Crippen LogP contribution in [0.3, 0.4) is 0 Å². The van der Waals surface area contributed by atoms with Crippen molar-refractivity contribution in [2.45, 2.75) is 0 Å². The van der Waals surface area contributed by atoms with Crippen molar-refractivity contribution in [3.63, 3.8) is 0 Å². The largest absolute Gasteiger partial charge is 0.382 e. The first-order chi connectivity index (χ1) is 6.58. The summed E-state index contributed by atoms with van der Waals surface area (Å²) in [6, 6.07) is 0. The van der Waals surface area contributed by atoms with Gasteiger partial charge in [-0.15, -0.1) is 0 Å². The van der Waals surface area contributed by atoms with Gasteiger partial charge in [-0.1, -0.05) is 0 Å². The van der Waals surface area contributed by atoms with Crippen molar-refractivity contribution < 1.29 is 0 Å². The summed E-state index contributed by atoms with van der Waals surface area (Å²) in [7, 11) is 0. The first-order valence-corrected chi connectivity index (χ1v) is 4.25. The molecule has 0 spiro atoms. The Labute approximate surface area is 88.3 Å². The van der Waals surface area contributed by atoms with Gasteiger partial charge in [-0.05, 0) is 23.2 Å². The lowest BCUT2D eigenvalue weighted by Gasteiger charge is -2.02. The summed E-state index contributed by atoms with van der Waals surface area (Å²) in [4.78, 5) is 15.1. The van der Waals surface area contributed by atoms with E-state index in [-0.39, 0.29) is 22.2 Å². The molecule has 0 unspecified atom stereocenters. The van der Waals surface area contributed by atoms with Crippen LogP contribution < -0.4 is 11.5 Å². The summed E-state index contributed by atoms with van der Waals surface area (Å²) in [6.45, 7) is 0. The molecule has 2 heterocycles. The highest BCUT2D eigenvalue weighted by molar-refractivity contribution is 6.29. The third-order valence-corrected chi connectivity index (χ3v) is 1.88. The van der Waals surface area contributed by atoms with Gasteiger partial charge in [0.25, 0.3) is 0 Å². The zero-order valence-corrected chi connectivity index (χ0v) is 8.21. The van der Waals surface area contributed by atoms with Gasteiger partial charge in [0.2, 0.25) is 10.6 Å². The highest BCUT2D eigenvalue weighted by Crippen LogP contribution is 2.22. The third-order valence-electron chi connectivity index (χ3n) is 1.54. The maximum absolute atomic E-state index is 5.59. The number of nitrogen functional groups attached to an aromatic ring is 2. The summed E-state index contributed by atoms with van der Waals surface area (Å²) >= 11 is 11.2. The van der Waals surface area contributed by atoms with Gasteiger partial charge in [-0.3, -0.25) is 0 Å². The molecule has 0 radical (unpaired) electrons. The molecule has 0 amide bonds. The maximum Gasteiger partial charge on any atom is 0.225 e. The van der Waals surface area contributed by atoms with Crippen molar-refractivity contribution >= 4 is 45.9 Å². The smallest absolute Gasteiger partial charge is 0.225 e. The molecule has 8 heteroatoms. The molecule has 0 aliphatic carbocycles. The van der Waals surface area contributed by atoms with E-state index >= 15 is 0 Å². The number of fused-ring (bicyclic) bond motifs is 1. The molecule has 0 aliphatic heterocycles. The zero-order valence-electron chi connectivity index (χ0n) is 6.70. The molecule has 6 nitrogen and oxygen atoms in total. The molecule has 0 saturated carbocycles. The van der Waals surface area contributed by atoms with Gasteiger partial charge >= 0.3 is 0 Å². The van der Waals surface area contributed by atoms with Gasteiger partial charge in [0.15, 0.2) is 11.6 Å². The fourth-order valence-electron chi connectivity index (χ4n) is 1.00. The minimum Gasteiger partial charge on any atom is -0.382 e. The maximum atomic E-state index is 5.59. The molecule has 14 heavy (non-hydrogen) atoms. The van der Waals surface area contributed by atoms with E-state index in [9.17, 15) is 0 Å². The fourth-order valence-corrected chi connectivity index (χ4v) is 1.35. The second-order valence-electron chi connectivity index (χ2n) is 2.45. The Morgan fingerprint density at radius 1 is 0.714 bits per heavy atom. The van der Waals surface area contributed by atoms with Gasteiger partial charge in [-0.25, -0.2) is 9.97 Å². The van der Waals surface area contributed by atoms with E-state index in [0.717, 1.165) is 0 Å². The van der Waals surface area contributed by atoms with Crippen LogP contribution in [-0.4, -0.2) is 19.9 Å². The van der Waals surface area contributed by atoms with Crippen LogP contribution in [0, 0.1) is 0 Å². The highest BCUT2D eigenvalue weighted by Gasteiger charge is 2.10. The molecule has 0 aromatic carbocycles. The average Bonchev–Trinajstić information content (AvgIpc) is 2.07. The van der Waals surface area contributed by atoms with Gasteiger partial charge in [0.05, 0.1) is 0 Å². The Balaban J connectivity index is 2.94. The molecular formula is C6H4Cl2N6. The molecule has 0 atom stereocenters. The van der Waals surface area contributed by atoms with Crippen LogP contribution >= 0.6 is 23.2 Å². The quantitative estimate of drug-likeness (QED) is 0.652. The summed E-state index contributed by atoms with van der Waals surface area (Å²) in [6.07, 6.45) is 0. The van der Waals surface area contributed by atoms with E-state index < -0.39 is 0 Å². The number of hydrogen-bond donors (Lipinski definition) is 2. The average molecular weight is 231 g/mol. The standard InChI is InChI=1S/C6H4Cl2N6/c7-5-11-1-2(4(10)14-5)12-6(8)13-3(1)9/h(H2,10,11,14)(H2,9,12,13). The Kier molecular flexibility index (Phi) is 2.01. The van der Waals surface area contributed by atoms with Crippen LogP contribution in [0.2, 0.25) is 10.6 Å². The topological polar surface area (TPSA) is 104 Å². The van der Waals surface area contributed by atoms with Crippen molar-refractivity contribution in [2.24, 2.45) is 0 Å². The molecule has 0 bridgehead atoms. The predicted octanol–water partition coefficient (Wildman–Crippen LogP) is 0.891. The van der Waals surface area contributed by atoms with Crippen molar-refractivity contribution in [1.82, 2.24) is 19.9 Å². The molecular weight excluding hydrogens is 227 g/mol. The fraction of sp³-hybridized carbons (Fsp3) is 0. The minimum absolute atomic E-state index is 0.00683. The van der Waals surface area contributed by atoms with Crippen LogP contribution in [0.4, 0.5) is 11.6 Å². The molecule has 2 aromatic rings. The molecule has 0 fully saturated rings. The molecule has 0 aliphatic rings. The lowest BCUT2D eigenvalue weighted by molar-refractivity contribution is 1.16. The van der Waals surface area contributed by atoms with E-state index in [1.54, 1.807) is 0 Å². The summed E-state index contributed by atoms with van der Waals surface area (Å²) < 4.78 is 0. The summed E-state index contributed by atoms with van der Waals surface area (Å²) in [5, 5.41) is -0.0137. The first kappa shape index (κ1) is 9.17. The van der Waals surface area contributed by atoms with E-state index in [4.69, 9.17) is 34.7 Å². The number of aromatic nitrogens is 4. The molecule has 2 aromatic heterocycles. The number of rotatable bonds is 0. The second-order valence-corrected chi connectivity index (χ2v) is 3.13. The zero-order chi connectivity index (χ0) is 10.3. The van der Waals surface area contributed by atoms with Gasteiger partial charge in [0, 0.05) is 0 Å². The normalized spacial score (nSPS) is 10.7. The number of hydrogen-bond acceptors (Lipinski definition) is 6. The van der Waals surface area contributed by atoms with Crippen LogP contribution in [0.25, 0.3) is 11.0 Å². The summed E-state index contributed by atoms with van der Waals surface area (Å²) in [5.74, 6) is 0.243. The molecule has 0 saturated heterocycles. The van der Waals surface area contributed by atoms with Crippen LogP contribution in [-0.2, 0) is 0 Å².